The highest BCUT2D eigenvalue weighted by Gasteiger charge is 2.29. The predicted octanol–water partition coefficient (Wildman–Crippen LogP) is -0.154. The van der Waals surface area contributed by atoms with Crippen molar-refractivity contribution in [2.75, 3.05) is 7.05 Å². The SMILES string of the molecule is CNC(C)(C)C(O)c1cn(C)nn1. The van der Waals surface area contributed by atoms with Gasteiger partial charge in [0, 0.05) is 12.6 Å². The number of aryl methyl sites for hydroxylation is 1. The van der Waals surface area contributed by atoms with Crippen LogP contribution in [-0.4, -0.2) is 32.7 Å². The van der Waals surface area contributed by atoms with E-state index in [0.717, 1.165) is 0 Å². The Morgan fingerprint density at radius 1 is 1.62 bits per heavy atom. The topological polar surface area (TPSA) is 63.0 Å². The third-order valence-corrected chi connectivity index (χ3v) is 2.23. The first-order valence-electron chi connectivity index (χ1n) is 4.20. The number of aliphatic hydroxyl groups is 1. The van der Waals surface area contributed by atoms with Crippen LogP contribution in [0, 0.1) is 0 Å². The Kier molecular flexibility index (Phi) is 2.68. The fourth-order valence-electron chi connectivity index (χ4n) is 0.997. The van der Waals surface area contributed by atoms with E-state index in [4.69, 9.17) is 0 Å². The van der Waals surface area contributed by atoms with Crippen LogP contribution < -0.4 is 5.32 Å². The maximum atomic E-state index is 9.88. The van der Waals surface area contributed by atoms with Gasteiger partial charge in [-0.15, -0.1) is 5.10 Å². The summed E-state index contributed by atoms with van der Waals surface area (Å²) in [6.45, 7) is 3.82. The molecule has 1 aromatic rings. The summed E-state index contributed by atoms with van der Waals surface area (Å²) in [6, 6.07) is 0. The molecule has 0 fully saturated rings. The third-order valence-electron chi connectivity index (χ3n) is 2.23. The Balaban J connectivity index is 2.84. The summed E-state index contributed by atoms with van der Waals surface area (Å²) in [5.74, 6) is 0. The number of rotatable bonds is 3. The lowest BCUT2D eigenvalue weighted by Crippen LogP contribution is -2.42. The average Bonchev–Trinajstić information content (AvgIpc) is 2.50. The van der Waals surface area contributed by atoms with Gasteiger partial charge in [-0.25, -0.2) is 0 Å². The lowest BCUT2D eigenvalue weighted by Gasteiger charge is -2.28. The van der Waals surface area contributed by atoms with Gasteiger partial charge in [-0.1, -0.05) is 5.21 Å². The van der Waals surface area contributed by atoms with Crippen molar-refractivity contribution < 1.29 is 5.11 Å². The second-order valence-corrected chi connectivity index (χ2v) is 3.69. The molecule has 0 saturated heterocycles. The summed E-state index contributed by atoms with van der Waals surface area (Å²) in [5, 5.41) is 20.5. The highest BCUT2D eigenvalue weighted by molar-refractivity contribution is 5.05. The molecule has 1 rings (SSSR count). The Bertz CT molecular complexity index is 281. The predicted molar refractivity (Wildman–Crippen MR) is 49.1 cm³/mol. The van der Waals surface area contributed by atoms with Crippen LogP contribution in [0.15, 0.2) is 6.20 Å². The summed E-state index contributed by atoms with van der Waals surface area (Å²) in [6.07, 6.45) is 1.07. The lowest BCUT2D eigenvalue weighted by molar-refractivity contribution is 0.0815. The van der Waals surface area contributed by atoms with Crippen LogP contribution in [0.5, 0.6) is 0 Å². The molecule has 1 unspecified atom stereocenters. The summed E-state index contributed by atoms with van der Waals surface area (Å²) in [7, 11) is 3.58. The first-order chi connectivity index (χ1) is 5.97. The summed E-state index contributed by atoms with van der Waals surface area (Å²) in [4.78, 5) is 0. The van der Waals surface area contributed by atoms with E-state index in [1.54, 1.807) is 25.0 Å². The van der Waals surface area contributed by atoms with Gasteiger partial charge in [0.15, 0.2) is 0 Å². The number of nitrogens with one attached hydrogen (secondary N) is 1. The van der Waals surface area contributed by atoms with Crippen molar-refractivity contribution in [3.63, 3.8) is 0 Å². The monoisotopic (exact) mass is 184 g/mol. The number of hydrogen-bond donors (Lipinski definition) is 2. The smallest absolute Gasteiger partial charge is 0.117 e. The molecule has 13 heavy (non-hydrogen) atoms. The van der Waals surface area contributed by atoms with Crippen LogP contribution in [0.3, 0.4) is 0 Å². The van der Waals surface area contributed by atoms with Gasteiger partial charge in [-0.3, -0.25) is 4.68 Å². The molecule has 0 bridgehead atoms. The van der Waals surface area contributed by atoms with Crippen LogP contribution in [0.2, 0.25) is 0 Å². The quantitative estimate of drug-likeness (QED) is 0.685. The molecule has 0 aromatic carbocycles. The van der Waals surface area contributed by atoms with Gasteiger partial charge < -0.3 is 10.4 Å². The van der Waals surface area contributed by atoms with Gasteiger partial charge in [-0.2, -0.15) is 0 Å². The first-order valence-corrected chi connectivity index (χ1v) is 4.20. The minimum Gasteiger partial charge on any atom is -0.385 e. The first kappa shape index (κ1) is 10.1. The maximum Gasteiger partial charge on any atom is 0.117 e. The Labute approximate surface area is 77.8 Å². The summed E-state index contributed by atoms with van der Waals surface area (Å²) >= 11 is 0. The number of aromatic nitrogens is 3. The van der Waals surface area contributed by atoms with Crippen LogP contribution in [0.4, 0.5) is 0 Å². The molecular weight excluding hydrogens is 168 g/mol. The van der Waals surface area contributed by atoms with E-state index < -0.39 is 11.6 Å². The van der Waals surface area contributed by atoms with Crippen LogP contribution >= 0.6 is 0 Å². The number of hydrogen-bond acceptors (Lipinski definition) is 4. The molecule has 1 aromatic heterocycles. The van der Waals surface area contributed by atoms with Crippen molar-refractivity contribution in [2.24, 2.45) is 7.05 Å². The highest BCUT2D eigenvalue weighted by Crippen LogP contribution is 2.22. The minimum atomic E-state index is -0.647. The van der Waals surface area contributed by atoms with Crippen molar-refractivity contribution in [2.45, 2.75) is 25.5 Å². The van der Waals surface area contributed by atoms with E-state index >= 15 is 0 Å². The maximum absolute atomic E-state index is 9.88. The van der Waals surface area contributed by atoms with Crippen molar-refractivity contribution in [3.8, 4) is 0 Å². The minimum absolute atomic E-state index is 0.393. The Morgan fingerprint density at radius 2 is 2.23 bits per heavy atom. The molecule has 0 radical (unpaired) electrons. The van der Waals surface area contributed by atoms with Gasteiger partial charge in [0.2, 0.25) is 0 Å². The van der Waals surface area contributed by atoms with Crippen molar-refractivity contribution >= 4 is 0 Å². The van der Waals surface area contributed by atoms with E-state index in [1.807, 2.05) is 13.8 Å². The molecule has 1 heterocycles. The van der Waals surface area contributed by atoms with E-state index in [0.29, 0.717) is 5.69 Å². The van der Waals surface area contributed by atoms with Crippen molar-refractivity contribution in [1.29, 1.82) is 0 Å². The molecule has 0 aliphatic rings. The van der Waals surface area contributed by atoms with Crippen LogP contribution in [-0.2, 0) is 7.05 Å². The zero-order chi connectivity index (χ0) is 10.1. The number of aliphatic hydroxyl groups excluding tert-OH is 1. The van der Waals surface area contributed by atoms with E-state index in [1.165, 1.54) is 0 Å². The molecule has 0 spiro atoms. The molecule has 0 amide bonds. The lowest BCUT2D eigenvalue weighted by atomic mass is 9.95. The molecule has 0 saturated carbocycles. The van der Waals surface area contributed by atoms with E-state index in [9.17, 15) is 5.11 Å². The van der Waals surface area contributed by atoms with Gasteiger partial charge in [0.05, 0.1) is 6.20 Å². The van der Waals surface area contributed by atoms with Crippen LogP contribution in [0.25, 0.3) is 0 Å². The molecule has 0 aliphatic carbocycles. The summed E-state index contributed by atoms with van der Waals surface area (Å²) < 4.78 is 1.57. The number of nitrogens with zero attached hydrogens (tertiary/aromatic N) is 3. The largest absolute Gasteiger partial charge is 0.385 e. The second kappa shape index (κ2) is 3.43. The second-order valence-electron chi connectivity index (χ2n) is 3.69. The standard InChI is InChI=1S/C8H16N4O/c1-8(2,9-3)7(13)6-5-12(4)11-10-6/h5,7,9,13H,1-4H3. The van der Waals surface area contributed by atoms with E-state index in [-0.39, 0.29) is 0 Å². The van der Waals surface area contributed by atoms with Crippen molar-refractivity contribution in [1.82, 2.24) is 20.3 Å². The molecule has 74 valence electrons. The highest BCUT2D eigenvalue weighted by atomic mass is 16.3. The normalized spacial score (nSPS) is 14.5. The molecule has 1 atom stereocenters. The van der Waals surface area contributed by atoms with E-state index in [2.05, 4.69) is 15.6 Å². The zero-order valence-corrected chi connectivity index (χ0v) is 8.44. The molecular formula is C8H16N4O. The fourth-order valence-corrected chi connectivity index (χ4v) is 0.997. The molecule has 5 nitrogen and oxygen atoms in total. The van der Waals surface area contributed by atoms with Gasteiger partial charge in [-0.05, 0) is 20.9 Å². The molecule has 0 aliphatic heterocycles. The van der Waals surface area contributed by atoms with Crippen LogP contribution in [0.1, 0.15) is 25.6 Å². The number of likely N-dealkylation sites (N-methyl/N-ethyl adjacent to an activating group) is 1. The molecule has 2 N–H and O–H groups in total. The fraction of sp³-hybridized carbons (Fsp3) is 0.750. The average molecular weight is 184 g/mol. The van der Waals surface area contributed by atoms with Crippen molar-refractivity contribution in [3.05, 3.63) is 11.9 Å². The summed E-state index contributed by atoms with van der Waals surface area (Å²) in [5.41, 5.74) is 0.192. The Hall–Kier alpha value is -0.940. The third kappa shape index (κ3) is 2.05. The zero-order valence-electron chi connectivity index (χ0n) is 8.44. The van der Waals surface area contributed by atoms with Gasteiger partial charge >= 0.3 is 0 Å². The van der Waals surface area contributed by atoms with Gasteiger partial charge in [0.25, 0.3) is 0 Å². The molecule has 5 heteroatoms. The van der Waals surface area contributed by atoms with Gasteiger partial charge in [0.1, 0.15) is 11.8 Å². The Morgan fingerprint density at radius 3 is 2.62 bits per heavy atom.